The number of allylic oxidation sites excluding steroid dienone is 1. The second-order valence-electron chi connectivity index (χ2n) is 5.73. The van der Waals surface area contributed by atoms with E-state index in [0.717, 1.165) is 10.0 Å². The Hall–Kier alpha value is -1.80. The van der Waals surface area contributed by atoms with Crippen LogP contribution in [-0.2, 0) is 0 Å². The van der Waals surface area contributed by atoms with Gasteiger partial charge >= 0.3 is 6.03 Å². The highest BCUT2D eigenvalue weighted by Gasteiger charge is 2.33. The number of hydrogen-bond donors (Lipinski definition) is 2. The highest BCUT2D eigenvalue weighted by Crippen LogP contribution is 2.34. The molecule has 5 heteroatoms. The average Bonchev–Trinajstić information content (AvgIpc) is 2.37. The van der Waals surface area contributed by atoms with Crippen molar-refractivity contribution in [2.24, 2.45) is 5.41 Å². The third-order valence-electron chi connectivity index (χ3n) is 3.15. The van der Waals surface area contributed by atoms with E-state index in [1.54, 1.807) is 0 Å². The molecule has 0 radical (unpaired) electrons. The number of rotatable bonds is 1. The van der Waals surface area contributed by atoms with E-state index in [2.05, 4.69) is 32.6 Å². The predicted octanol–water partition coefficient (Wildman–Crippen LogP) is 3.63. The minimum Gasteiger partial charge on any atom is -0.326 e. The van der Waals surface area contributed by atoms with Gasteiger partial charge in [0.1, 0.15) is 0 Å². The summed E-state index contributed by atoms with van der Waals surface area (Å²) in [5.41, 5.74) is 1.83. The molecule has 4 nitrogen and oxygen atoms in total. The molecular formula is C15H16BrN3O. The summed E-state index contributed by atoms with van der Waals surface area (Å²) in [4.78, 5) is 11.9. The Morgan fingerprint density at radius 1 is 1.25 bits per heavy atom. The molecule has 1 heterocycles. The van der Waals surface area contributed by atoms with E-state index >= 15 is 0 Å². The van der Waals surface area contributed by atoms with Crippen LogP contribution in [-0.4, -0.2) is 6.03 Å². The molecule has 2 rings (SSSR count). The van der Waals surface area contributed by atoms with Gasteiger partial charge in [0.15, 0.2) is 0 Å². The number of carbonyl (C=O) groups excluding carboxylic acids is 1. The summed E-state index contributed by atoms with van der Waals surface area (Å²) in [6.07, 6.45) is 0. The van der Waals surface area contributed by atoms with Crippen LogP contribution in [0.15, 0.2) is 40.0 Å². The molecule has 0 aliphatic carbocycles. The summed E-state index contributed by atoms with van der Waals surface area (Å²) >= 11 is 3.38. The largest absolute Gasteiger partial charge is 0.326 e. The summed E-state index contributed by atoms with van der Waals surface area (Å²) in [6.45, 7) is 5.93. The van der Waals surface area contributed by atoms with E-state index < -0.39 is 6.04 Å². The zero-order chi connectivity index (χ0) is 14.9. The van der Waals surface area contributed by atoms with Crippen LogP contribution in [0, 0.1) is 16.7 Å². The lowest BCUT2D eigenvalue weighted by molar-refractivity contribution is 0.235. The van der Waals surface area contributed by atoms with Gasteiger partial charge in [-0.25, -0.2) is 4.79 Å². The van der Waals surface area contributed by atoms with Gasteiger partial charge < -0.3 is 10.6 Å². The van der Waals surface area contributed by atoms with Gasteiger partial charge in [-0.2, -0.15) is 5.26 Å². The van der Waals surface area contributed by atoms with E-state index in [0.29, 0.717) is 11.3 Å². The van der Waals surface area contributed by atoms with Gasteiger partial charge in [0.25, 0.3) is 0 Å². The lowest BCUT2D eigenvalue weighted by atomic mass is 9.84. The number of urea groups is 1. The topological polar surface area (TPSA) is 64.9 Å². The molecule has 0 fully saturated rings. The van der Waals surface area contributed by atoms with Crippen molar-refractivity contribution in [3.05, 3.63) is 45.6 Å². The van der Waals surface area contributed by atoms with Crippen LogP contribution in [0.2, 0.25) is 0 Å². The molecule has 2 amide bonds. The van der Waals surface area contributed by atoms with Crippen molar-refractivity contribution in [2.75, 3.05) is 0 Å². The number of nitrogens with zero attached hydrogens (tertiary/aromatic N) is 1. The lowest BCUT2D eigenvalue weighted by Crippen LogP contribution is -2.46. The van der Waals surface area contributed by atoms with Crippen LogP contribution < -0.4 is 10.6 Å². The Morgan fingerprint density at radius 2 is 1.85 bits per heavy atom. The molecule has 1 atom stereocenters. The van der Waals surface area contributed by atoms with Crippen LogP contribution >= 0.6 is 15.9 Å². The molecule has 1 aliphatic heterocycles. The van der Waals surface area contributed by atoms with Gasteiger partial charge in [-0.3, -0.25) is 0 Å². The maximum Gasteiger partial charge on any atom is 0.319 e. The Morgan fingerprint density at radius 3 is 2.35 bits per heavy atom. The van der Waals surface area contributed by atoms with Crippen LogP contribution in [0.3, 0.4) is 0 Å². The third-order valence-corrected chi connectivity index (χ3v) is 3.67. The summed E-state index contributed by atoms with van der Waals surface area (Å²) in [7, 11) is 0. The van der Waals surface area contributed by atoms with Crippen molar-refractivity contribution in [3.63, 3.8) is 0 Å². The number of amides is 2. The second kappa shape index (κ2) is 5.29. The average molecular weight is 334 g/mol. The molecule has 0 bridgehead atoms. The molecule has 2 N–H and O–H groups in total. The van der Waals surface area contributed by atoms with Gasteiger partial charge in [-0.1, -0.05) is 48.8 Å². The summed E-state index contributed by atoms with van der Waals surface area (Å²) in [5, 5.41) is 15.1. The maximum atomic E-state index is 11.9. The van der Waals surface area contributed by atoms with Crippen LogP contribution in [0.5, 0.6) is 0 Å². The number of nitriles is 1. The highest BCUT2D eigenvalue weighted by molar-refractivity contribution is 9.10. The van der Waals surface area contributed by atoms with E-state index in [4.69, 9.17) is 0 Å². The van der Waals surface area contributed by atoms with Crippen molar-refractivity contribution >= 4 is 22.0 Å². The first-order chi connectivity index (χ1) is 9.32. The minimum atomic E-state index is -0.406. The number of carbonyl (C=O) groups is 1. The first-order valence-corrected chi connectivity index (χ1v) is 7.10. The van der Waals surface area contributed by atoms with Crippen molar-refractivity contribution in [1.29, 1.82) is 5.26 Å². The first kappa shape index (κ1) is 14.6. The minimum absolute atomic E-state index is 0.276. The maximum absolute atomic E-state index is 11.9. The van der Waals surface area contributed by atoms with Gasteiger partial charge in [-0.05, 0) is 17.7 Å². The number of hydrogen-bond acceptors (Lipinski definition) is 2. The monoisotopic (exact) mass is 333 g/mol. The van der Waals surface area contributed by atoms with Crippen LogP contribution in [0.1, 0.15) is 32.4 Å². The zero-order valence-corrected chi connectivity index (χ0v) is 13.2. The smallest absolute Gasteiger partial charge is 0.319 e. The van der Waals surface area contributed by atoms with Gasteiger partial charge in [-0.15, -0.1) is 0 Å². The number of halogens is 1. The van der Waals surface area contributed by atoms with Crippen LogP contribution in [0.25, 0.3) is 0 Å². The van der Waals surface area contributed by atoms with Crippen molar-refractivity contribution in [2.45, 2.75) is 26.8 Å². The molecule has 20 heavy (non-hydrogen) atoms. The van der Waals surface area contributed by atoms with E-state index in [1.165, 1.54) is 0 Å². The second-order valence-corrected chi connectivity index (χ2v) is 6.65. The summed E-state index contributed by atoms with van der Waals surface area (Å²) < 4.78 is 0.958. The SMILES string of the molecule is CC(C)(C)C1=C(C#N)[C@H](c2ccc(Br)cc2)NC(=O)N1. The van der Waals surface area contributed by atoms with Crippen molar-refractivity contribution < 1.29 is 4.79 Å². The molecule has 1 aliphatic rings. The van der Waals surface area contributed by atoms with Gasteiger partial charge in [0.05, 0.1) is 17.7 Å². The summed E-state index contributed by atoms with van der Waals surface area (Å²) in [5.74, 6) is 0. The lowest BCUT2D eigenvalue weighted by Gasteiger charge is -2.33. The normalized spacial score (nSPS) is 19.1. The van der Waals surface area contributed by atoms with E-state index in [-0.39, 0.29) is 11.4 Å². The fourth-order valence-electron chi connectivity index (χ4n) is 2.18. The van der Waals surface area contributed by atoms with Gasteiger partial charge in [0, 0.05) is 15.6 Å². The molecule has 0 spiro atoms. The van der Waals surface area contributed by atoms with Gasteiger partial charge in [0.2, 0.25) is 0 Å². The molecular weight excluding hydrogens is 318 g/mol. The van der Waals surface area contributed by atoms with E-state index in [1.807, 2.05) is 45.0 Å². The number of benzene rings is 1. The third kappa shape index (κ3) is 2.86. The van der Waals surface area contributed by atoms with E-state index in [9.17, 15) is 10.1 Å². The Kier molecular flexibility index (Phi) is 3.87. The standard InChI is InChI=1S/C15H16BrN3O/c1-15(2,3)13-11(8-17)12(18-14(20)19-13)9-4-6-10(16)7-5-9/h4-7,12H,1-3H3,(H2,18,19,20)/t12-/m0/s1. The summed E-state index contributed by atoms with van der Waals surface area (Å²) in [6, 6.07) is 9.15. The van der Waals surface area contributed by atoms with Crippen molar-refractivity contribution in [1.82, 2.24) is 10.6 Å². The first-order valence-electron chi connectivity index (χ1n) is 6.30. The fourth-order valence-corrected chi connectivity index (χ4v) is 2.45. The molecule has 104 valence electrons. The highest BCUT2D eigenvalue weighted by atomic mass is 79.9. The molecule has 0 saturated heterocycles. The molecule has 0 aromatic heterocycles. The zero-order valence-electron chi connectivity index (χ0n) is 11.6. The quantitative estimate of drug-likeness (QED) is 0.824. The molecule has 1 aromatic rings. The Labute approximate surface area is 127 Å². The molecule has 0 unspecified atom stereocenters. The Balaban J connectivity index is 2.54. The number of nitrogens with one attached hydrogen (secondary N) is 2. The molecule has 1 aromatic carbocycles. The Bertz CT molecular complexity index is 605. The predicted molar refractivity (Wildman–Crippen MR) is 80.6 cm³/mol. The van der Waals surface area contributed by atoms with Crippen molar-refractivity contribution in [3.8, 4) is 6.07 Å². The fraction of sp³-hybridized carbons (Fsp3) is 0.333. The van der Waals surface area contributed by atoms with Crippen LogP contribution in [0.4, 0.5) is 4.79 Å². The molecule has 0 saturated carbocycles.